The van der Waals surface area contributed by atoms with Gasteiger partial charge in [-0.1, -0.05) is 41.9 Å². The third-order valence-electron chi connectivity index (χ3n) is 4.28. The Hall–Kier alpha value is -3.05. The number of benzene rings is 2. The third-order valence-corrected chi connectivity index (χ3v) is 4.54. The highest BCUT2D eigenvalue weighted by molar-refractivity contribution is 6.30. The predicted molar refractivity (Wildman–Crippen MR) is 112 cm³/mol. The number of nitrogens with zero attached hydrogens (tertiary/aromatic N) is 1. The van der Waals surface area contributed by atoms with Gasteiger partial charge in [0.15, 0.2) is 0 Å². The van der Waals surface area contributed by atoms with Gasteiger partial charge < -0.3 is 15.4 Å². The summed E-state index contributed by atoms with van der Waals surface area (Å²) in [4.78, 5) is 16.6. The Kier molecular flexibility index (Phi) is 6.87. The molecule has 2 N–H and O–H groups in total. The zero-order chi connectivity index (χ0) is 19.8. The number of carbonyl (C=O) groups is 1. The molecular weight excluding hydrogens is 374 g/mol. The molecule has 0 aliphatic heterocycles. The molecule has 0 bridgehead atoms. The quantitative estimate of drug-likeness (QED) is 0.596. The third kappa shape index (κ3) is 5.47. The molecule has 0 aliphatic carbocycles. The average molecular weight is 396 g/mol. The van der Waals surface area contributed by atoms with Crippen LogP contribution < -0.4 is 15.4 Å². The van der Waals surface area contributed by atoms with Crippen LogP contribution in [-0.4, -0.2) is 24.5 Å². The molecule has 1 amide bonds. The van der Waals surface area contributed by atoms with Gasteiger partial charge in [0.05, 0.1) is 19.0 Å². The number of methoxy groups -OCH3 is 1. The van der Waals surface area contributed by atoms with Gasteiger partial charge >= 0.3 is 0 Å². The minimum atomic E-state index is -0.223. The number of ether oxygens (including phenoxy) is 1. The van der Waals surface area contributed by atoms with Crippen LogP contribution in [0.25, 0.3) is 0 Å². The molecule has 2 aromatic carbocycles. The highest BCUT2D eigenvalue weighted by atomic mass is 35.5. The van der Waals surface area contributed by atoms with Crippen molar-refractivity contribution in [3.8, 4) is 5.75 Å². The fraction of sp³-hybridized carbons (Fsp3) is 0.182. The second-order valence-electron chi connectivity index (χ2n) is 6.23. The standard InChI is InChI=1S/C22H22ClN3O2/c1-28-21-5-3-2-4-17(21)14-26-22(27)20-11-10-19(15-25-20)24-13-12-16-6-8-18(23)9-7-16/h2-11,15,24H,12-14H2,1H3,(H,26,27). The van der Waals surface area contributed by atoms with Crippen LogP contribution in [0, 0.1) is 0 Å². The Morgan fingerprint density at radius 1 is 1.07 bits per heavy atom. The minimum absolute atomic E-state index is 0.223. The lowest BCUT2D eigenvalue weighted by atomic mass is 10.1. The van der Waals surface area contributed by atoms with Crippen molar-refractivity contribution in [1.82, 2.24) is 10.3 Å². The first-order valence-electron chi connectivity index (χ1n) is 9.00. The Morgan fingerprint density at radius 3 is 2.57 bits per heavy atom. The Bertz CT molecular complexity index is 912. The van der Waals surface area contributed by atoms with Gasteiger partial charge in [-0.2, -0.15) is 0 Å². The summed E-state index contributed by atoms with van der Waals surface area (Å²) in [6, 6.07) is 18.9. The molecule has 0 saturated heterocycles. The lowest BCUT2D eigenvalue weighted by Crippen LogP contribution is -2.24. The van der Waals surface area contributed by atoms with Gasteiger partial charge in [-0.3, -0.25) is 4.79 Å². The van der Waals surface area contributed by atoms with Crippen LogP contribution in [0.3, 0.4) is 0 Å². The highest BCUT2D eigenvalue weighted by Gasteiger charge is 2.09. The van der Waals surface area contributed by atoms with E-state index in [0.29, 0.717) is 12.2 Å². The largest absolute Gasteiger partial charge is 0.496 e. The molecule has 1 heterocycles. The van der Waals surface area contributed by atoms with E-state index in [-0.39, 0.29) is 5.91 Å². The normalized spacial score (nSPS) is 10.4. The van der Waals surface area contributed by atoms with E-state index in [2.05, 4.69) is 15.6 Å². The van der Waals surface area contributed by atoms with Gasteiger partial charge in [0, 0.05) is 23.7 Å². The summed E-state index contributed by atoms with van der Waals surface area (Å²) in [5.41, 5.74) is 3.37. The van der Waals surface area contributed by atoms with Crippen LogP contribution in [0.4, 0.5) is 5.69 Å². The van der Waals surface area contributed by atoms with Crippen molar-refractivity contribution in [2.45, 2.75) is 13.0 Å². The number of para-hydroxylation sites is 1. The number of pyridine rings is 1. The number of carbonyl (C=O) groups excluding carboxylic acids is 1. The molecule has 1 aromatic heterocycles. The zero-order valence-corrected chi connectivity index (χ0v) is 16.4. The lowest BCUT2D eigenvalue weighted by Gasteiger charge is -2.10. The molecule has 0 fully saturated rings. The van der Waals surface area contributed by atoms with Gasteiger partial charge in [0.2, 0.25) is 0 Å². The first-order chi connectivity index (χ1) is 13.7. The van der Waals surface area contributed by atoms with Crippen molar-refractivity contribution in [1.29, 1.82) is 0 Å². The number of amides is 1. The first kappa shape index (κ1) is 19.7. The second kappa shape index (κ2) is 9.76. The van der Waals surface area contributed by atoms with Crippen LogP contribution in [0.2, 0.25) is 5.02 Å². The summed E-state index contributed by atoms with van der Waals surface area (Å²) >= 11 is 5.89. The monoisotopic (exact) mass is 395 g/mol. The van der Waals surface area contributed by atoms with Crippen LogP contribution >= 0.6 is 11.6 Å². The van der Waals surface area contributed by atoms with Crippen molar-refractivity contribution in [2.24, 2.45) is 0 Å². The molecule has 6 heteroatoms. The molecule has 0 aliphatic rings. The first-order valence-corrected chi connectivity index (χ1v) is 9.38. The van der Waals surface area contributed by atoms with Crippen molar-refractivity contribution in [2.75, 3.05) is 19.0 Å². The predicted octanol–water partition coefficient (Wildman–Crippen LogP) is 4.33. The van der Waals surface area contributed by atoms with E-state index in [1.165, 1.54) is 5.56 Å². The van der Waals surface area contributed by atoms with Gasteiger partial charge in [0.1, 0.15) is 11.4 Å². The fourth-order valence-corrected chi connectivity index (χ4v) is 2.88. The van der Waals surface area contributed by atoms with E-state index in [9.17, 15) is 4.79 Å². The molecule has 5 nitrogen and oxygen atoms in total. The SMILES string of the molecule is COc1ccccc1CNC(=O)c1ccc(NCCc2ccc(Cl)cc2)cn1. The van der Waals surface area contributed by atoms with Gasteiger partial charge in [-0.15, -0.1) is 0 Å². The topological polar surface area (TPSA) is 63.2 Å². The van der Waals surface area contributed by atoms with Crippen LogP contribution in [0.15, 0.2) is 66.9 Å². The maximum Gasteiger partial charge on any atom is 0.270 e. The summed E-state index contributed by atoms with van der Waals surface area (Å²) in [5, 5.41) is 6.91. The van der Waals surface area contributed by atoms with Crippen molar-refractivity contribution < 1.29 is 9.53 Å². The molecule has 3 rings (SSSR count). The highest BCUT2D eigenvalue weighted by Crippen LogP contribution is 2.17. The van der Waals surface area contributed by atoms with Crippen molar-refractivity contribution in [3.63, 3.8) is 0 Å². The average Bonchev–Trinajstić information content (AvgIpc) is 2.74. The summed E-state index contributed by atoms with van der Waals surface area (Å²) in [5.74, 6) is 0.523. The van der Waals surface area contributed by atoms with E-state index >= 15 is 0 Å². The number of hydrogen-bond donors (Lipinski definition) is 2. The molecule has 3 aromatic rings. The number of rotatable bonds is 8. The van der Waals surface area contributed by atoms with E-state index in [1.807, 2.05) is 54.6 Å². The molecular formula is C22H22ClN3O2. The van der Waals surface area contributed by atoms with Gasteiger partial charge in [0.25, 0.3) is 5.91 Å². The lowest BCUT2D eigenvalue weighted by molar-refractivity contribution is 0.0945. The Morgan fingerprint density at radius 2 is 1.86 bits per heavy atom. The fourth-order valence-electron chi connectivity index (χ4n) is 2.75. The molecule has 144 valence electrons. The number of halogens is 1. The Balaban J connectivity index is 1.49. The molecule has 0 saturated carbocycles. The molecule has 0 spiro atoms. The van der Waals surface area contributed by atoms with Crippen LogP contribution in [0.1, 0.15) is 21.6 Å². The molecule has 0 radical (unpaired) electrons. The van der Waals surface area contributed by atoms with Gasteiger partial charge in [-0.05, 0) is 42.3 Å². The molecule has 28 heavy (non-hydrogen) atoms. The summed E-state index contributed by atoms with van der Waals surface area (Å²) in [6.07, 6.45) is 2.54. The van der Waals surface area contributed by atoms with E-state index in [0.717, 1.165) is 35.0 Å². The summed E-state index contributed by atoms with van der Waals surface area (Å²) in [7, 11) is 1.61. The zero-order valence-electron chi connectivity index (χ0n) is 15.6. The summed E-state index contributed by atoms with van der Waals surface area (Å²) < 4.78 is 5.29. The number of aromatic nitrogens is 1. The maximum atomic E-state index is 12.3. The number of nitrogens with one attached hydrogen (secondary N) is 2. The van der Waals surface area contributed by atoms with Crippen LogP contribution in [0.5, 0.6) is 5.75 Å². The second-order valence-corrected chi connectivity index (χ2v) is 6.67. The Labute approximate surface area is 169 Å². The maximum absolute atomic E-state index is 12.3. The summed E-state index contributed by atoms with van der Waals surface area (Å²) in [6.45, 7) is 1.15. The van der Waals surface area contributed by atoms with Crippen molar-refractivity contribution in [3.05, 3.63) is 88.7 Å². The molecule has 0 atom stereocenters. The number of hydrogen-bond acceptors (Lipinski definition) is 4. The number of anilines is 1. The minimum Gasteiger partial charge on any atom is -0.496 e. The van der Waals surface area contributed by atoms with E-state index in [1.54, 1.807) is 19.4 Å². The van der Waals surface area contributed by atoms with Gasteiger partial charge in [-0.25, -0.2) is 4.98 Å². The van der Waals surface area contributed by atoms with Crippen LogP contribution in [-0.2, 0) is 13.0 Å². The van der Waals surface area contributed by atoms with Crippen molar-refractivity contribution >= 4 is 23.2 Å². The van der Waals surface area contributed by atoms with E-state index in [4.69, 9.17) is 16.3 Å². The smallest absolute Gasteiger partial charge is 0.270 e. The molecule has 0 unspecified atom stereocenters. The van der Waals surface area contributed by atoms with E-state index < -0.39 is 0 Å².